The number of amides is 1. The number of nitrogens with two attached hydrogens (primary N) is 1. The molecule has 0 aromatic carbocycles. The van der Waals surface area contributed by atoms with Crippen molar-refractivity contribution in [2.24, 2.45) is 11.7 Å². The summed E-state index contributed by atoms with van der Waals surface area (Å²) in [5.74, 6) is -0.127. The molecule has 0 aliphatic carbocycles. The third-order valence-corrected chi connectivity index (χ3v) is 3.17. The highest BCUT2D eigenvalue weighted by molar-refractivity contribution is 5.77. The van der Waals surface area contributed by atoms with E-state index in [-0.39, 0.29) is 11.8 Å². The Morgan fingerprint density at radius 2 is 2.23 bits per heavy atom. The largest absolute Gasteiger partial charge is 0.369 e. The summed E-state index contributed by atoms with van der Waals surface area (Å²) in [6.07, 6.45) is 2.34. The van der Waals surface area contributed by atoms with Crippen molar-refractivity contribution in [3.63, 3.8) is 0 Å². The van der Waals surface area contributed by atoms with Gasteiger partial charge in [-0.2, -0.15) is 0 Å². The number of carbonyl (C=O) groups is 1. The molecule has 74 valence electrons. The second kappa shape index (κ2) is 3.64. The van der Waals surface area contributed by atoms with Gasteiger partial charge >= 0.3 is 0 Å². The number of nitrogens with one attached hydrogen (secondary N) is 1. The summed E-state index contributed by atoms with van der Waals surface area (Å²) in [6, 6.07) is 0.410. The zero-order chi connectivity index (χ0) is 9.26. The van der Waals surface area contributed by atoms with E-state index in [2.05, 4.69) is 10.2 Å². The van der Waals surface area contributed by atoms with Crippen molar-refractivity contribution in [1.29, 1.82) is 0 Å². The molecule has 4 nitrogen and oxygen atoms in total. The highest BCUT2D eigenvalue weighted by atomic mass is 16.1. The maximum Gasteiger partial charge on any atom is 0.223 e. The zero-order valence-corrected chi connectivity index (χ0v) is 7.83. The van der Waals surface area contributed by atoms with Gasteiger partial charge in [-0.25, -0.2) is 0 Å². The van der Waals surface area contributed by atoms with Gasteiger partial charge in [-0.3, -0.25) is 9.69 Å². The molecular formula is C9H17N3O. The Morgan fingerprint density at radius 1 is 1.46 bits per heavy atom. The lowest BCUT2D eigenvalue weighted by Crippen LogP contribution is -2.57. The van der Waals surface area contributed by atoms with Crippen molar-refractivity contribution in [3.05, 3.63) is 0 Å². The quantitative estimate of drug-likeness (QED) is 0.586. The first kappa shape index (κ1) is 8.97. The summed E-state index contributed by atoms with van der Waals surface area (Å²) in [4.78, 5) is 13.5. The minimum absolute atomic E-state index is 0.0223. The van der Waals surface area contributed by atoms with Crippen LogP contribution >= 0.6 is 0 Å². The zero-order valence-electron chi connectivity index (χ0n) is 7.83. The lowest BCUT2D eigenvalue weighted by Gasteiger charge is -2.43. The van der Waals surface area contributed by atoms with Crippen LogP contribution in [0.3, 0.4) is 0 Å². The fraction of sp³-hybridized carbons (Fsp3) is 0.889. The molecule has 0 aromatic rings. The number of hydrogen-bond acceptors (Lipinski definition) is 3. The molecule has 13 heavy (non-hydrogen) atoms. The van der Waals surface area contributed by atoms with Crippen LogP contribution in [-0.4, -0.2) is 43.0 Å². The number of rotatable bonds is 2. The van der Waals surface area contributed by atoms with Gasteiger partial charge in [0.05, 0.1) is 5.92 Å². The molecule has 2 heterocycles. The number of piperidine rings is 1. The molecule has 0 radical (unpaired) electrons. The number of carbonyl (C=O) groups excluding carboxylic acids is 1. The first-order chi connectivity index (χ1) is 6.29. The van der Waals surface area contributed by atoms with Gasteiger partial charge in [-0.1, -0.05) is 0 Å². The Balaban J connectivity index is 1.99. The highest BCUT2D eigenvalue weighted by Gasteiger charge is 2.35. The monoisotopic (exact) mass is 183 g/mol. The van der Waals surface area contributed by atoms with Crippen LogP contribution in [0, 0.1) is 5.92 Å². The van der Waals surface area contributed by atoms with Gasteiger partial charge in [-0.15, -0.1) is 0 Å². The van der Waals surface area contributed by atoms with Gasteiger partial charge in [0.15, 0.2) is 0 Å². The van der Waals surface area contributed by atoms with Crippen LogP contribution in [0.4, 0.5) is 0 Å². The minimum atomic E-state index is -0.149. The molecule has 2 unspecified atom stereocenters. The molecule has 2 aliphatic heterocycles. The molecule has 2 aliphatic rings. The van der Waals surface area contributed by atoms with E-state index in [1.54, 1.807) is 0 Å². The second-order valence-corrected chi connectivity index (χ2v) is 3.96. The second-order valence-electron chi connectivity index (χ2n) is 3.96. The number of nitrogens with zero attached hydrogens (tertiary/aromatic N) is 1. The van der Waals surface area contributed by atoms with E-state index in [1.807, 2.05) is 0 Å². The van der Waals surface area contributed by atoms with Crippen LogP contribution in [0.2, 0.25) is 0 Å². The van der Waals surface area contributed by atoms with Gasteiger partial charge in [0.25, 0.3) is 0 Å². The predicted octanol–water partition coefficient (Wildman–Crippen LogP) is -0.844. The molecule has 0 saturated carbocycles. The summed E-state index contributed by atoms with van der Waals surface area (Å²) >= 11 is 0. The average molecular weight is 183 g/mol. The number of likely N-dealkylation sites (tertiary alicyclic amines) is 1. The Morgan fingerprint density at radius 3 is 2.77 bits per heavy atom. The summed E-state index contributed by atoms with van der Waals surface area (Å²) in [5, 5.41) is 3.22. The van der Waals surface area contributed by atoms with E-state index >= 15 is 0 Å². The van der Waals surface area contributed by atoms with Gasteiger partial charge in [0.1, 0.15) is 0 Å². The van der Waals surface area contributed by atoms with Crippen LogP contribution in [0.15, 0.2) is 0 Å². The van der Waals surface area contributed by atoms with E-state index in [4.69, 9.17) is 5.73 Å². The fourth-order valence-corrected chi connectivity index (χ4v) is 2.24. The Kier molecular flexibility index (Phi) is 2.51. The molecule has 2 rings (SSSR count). The molecule has 0 spiro atoms. The number of hydrogen-bond donors (Lipinski definition) is 2. The van der Waals surface area contributed by atoms with E-state index in [9.17, 15) is 4.79 Å². The molecule has 2 atom stereocenters. The Hall–Kier alpha value is -0.610. The molecule has 3 N–H and O–H groups in total. The molecule has 0 bridgehead atoms. The maximum absolute atomic E-state index is 11.2. The SMILES string of the molecule is NC(=O)C1CNCCC1N1CCC1. The van der Waals surface area contributed by atoms with Crippen molar-refractivity contribution in [3.8, 4) is 0 Å². The van der Waals surface area contributed by atoms with Crippen LogP contribution < -0.4 is 11.1 Å². The van der Waals surface area contributed by atoms with E-state index in [0.29, 0.717) is 6.04 Å². The molecule has 4 heteroatoms. The van der Waals surface area contributed by atoms with Crippen LogP contribution in [0.5, 0.6) is 0 Å². The first-order valence-corrected chi connectivity index (χ1v) is 5.03. The highest BCUT2D eigenvalue weighted by Crippen LogP contribution is 2.22. The van der Waals surface area contributed by atoms with Gasteiger partial charge in [0, 0.05) is 12.6 Å². The Bertz CT molecular complexity index is 203. The normalized spacial score (nSPS) is 35.4. The van der Waals surface area contributed by atoms with Crippen molar-refractivity contribution in [2.75, 3.05) is 26.2 Å². The van der Waals surface area contributed by atoms with Crippen molar-refractivity contribution < 1.29 is 4.79 Å². The van der Waals surface area contributed by atoms with Crippen LogP contribution in [0.25, 0.3) is 0 Å². The molecule has 2 fully saturated rings. The first-order valence-electron chi connectivity index (χ1n) is 5.03. The maximum atomic E-state index is 11.2. The average Bonchev–Trinajstić information content (AvgIpc) is 2.02. The Labute approximate surface area is 78.5 Å². The van der Waals surface area contributed by atoms with Crippen LogP contribution in [-0.2, 0) is 4.79 Å². The number of primary amides is 1. The lowest BCUT2D eigenvalue weighted by molar-refractivity contribution is -0.125. The van der Waals surface area contributed by atoms with E-state index < -0.39 is 0 Å². The smallest absolute Gasteiger partial charge is 0.223 e. The topological polar surface area (TPSA) is 58.4 Å². The van der Waals surface area contributed by atoms with Gasteiger partial charge in [-0.05, 0) is 32.5 Å². The van der Waals surface area contributed by atoms with Crippen LogP contribution in [0.1, 0.15) is 12.8 Å². The fourth-order valence-electron chi connectivity index (χ4n) is 2.24. The molecule has 1 amide bonds. The molecule has 0 aromatic heterocycles. The predicted molar refractivity (Wildman–Crippen MR) is 50.1 cm³/mol. The van der Waals surface area contributed by atoms with Gasteiger partial charge < -0.3 is 11.1 Å². The lowest BCUT2D eigenvalue weighted by atomic mass is 9.89. The third-order valence-electron chi connectivity index (χ3n) is 3.17. The summed E-state index contributed by atoms with van der Waals surface area (Å²) in [5.41, 5.74) is 5.37. The van der Waals surface area contributed by atoms with E-state index in [0.717, 1.165) is 32.6 Å². The minimum Gasteiger partial charge on any atom is -0.369 e. The third kappa shape index (κ3) is 1.69. The standard InChI is InChI=1S/C9H17N3O/c10-9(13)7-6-11-3-2-8(7)12-4-1-5-12/h7-8,11H,1-6H2,(H2,10,13). The van der Waals surface area contributed by atoms with Crippen molar-refractivity contribution in [2.45, 2.75) is 18.9 Å². The summed E-state index contributed by atoms with van der Waals surface area (Å²) < 4.78 is 0. The molecular weight excluding hydrogens is 166 g/mol. The van der Waals surface area contributed by atoms with E-state index in [1.165, 1.54) is 6.42 Å². The summed E-state index contributed by atoms with van der Waals surface area (Å²) in [6.45, 7) is 4.07. The van der Waals surface area contributed by atoms with Gasteiger partial charge in [0.2, 0.25) is 5.91 Å². The van der Waals surface area contributed by atoms with Crippen molar-refractivity contribution >= 4 is 5.91 Å². The summed E-state index contributed by atoms with van der Waals surface area (Å²) in [7, 11) is 0. The van der Waals surface area contributed by atoms with Crippen molar-refractivity contribution in [1.82, 2.24) is 10.2 Å². The molecule has 2 saturated heterocycles.